The molecule has 1 fully saturated rings. The van der Waals surface area contributed by atoms with Crippen LogP contribution in [0.5, 0.6) is 0 Å². The number of para-hydroxylation sites is 1. The van der Waals surface area contributed by atoms with E-state index >= 15 is 0 Å². The molecule has 8 heteroatoms. The van der Waals surface area contributed by atoms with Crippen LogP contribution in [0.3, 0.4) is 0 Å². The molecule has 0 saturated carbocycles. The summed E-state index contributed by atoms with van der Waals surface area (Å²) >= 11 is 0. The van der Waals surface area contributed by atoms with Crippen molar-refractivity contribution in [3.63, 3.8) is 0 Å². The first kappa shape index (κ1) is 19.7. The summed E-state index contributed by atoms with van der Waals surface area (Å²) in [5.74, 6) is 0.498. The van der Waals surface area contributed by atoms with Crippen molar-refractivity contribution >= 4 is 28.7 Å². The molecular formula is C23H26N6O2. The number of aromatic amines is 1. The van der Waals surface area contributed by atoms with Gasteiger partial charge in [-0.1, -0.05) is 18.2 Å². The maximum absolute atomic E-state index is 12.9. The van der Waals surface area contributed by atoms with E-state index in [1.54, 1.807) is 12.4 Å². The number of benzene rings is 1. The molecule has 0 unspecified atom stereocenters. The summed E-state index contributed by atoms with van der Waals surface area (Å²) < 4.78 is 0. The highest BCUT2D eigenvalue weighted by molar-refractivity contribution is 6.12. The number of aromatic nitrogens is 3. The summed E-state index contributed by atoms with van der Waals surface area (Å²) in [5.41, 5.74) is 2.32. The zero-order valence-corrected chi connectivity index (χ0v) is 17.5. The Labute approximate surface area is 180 Å². The van der Waals surface area contributed by atoms with Crippen molar-refractivity contribution in [2.45, 2.75) is 19.3 Å². The summed E-state index contributed by atoms with van der Waals surface area (Å²) in [4.78, 5) is 43.5. The molecule has 2 amide bonds. The summed E-state index contributed by atoms with van der Waals surface area (Å²) in [6.07, 6.45) is 5.61. The number of unbranched alkanes of at least 4 members (excludes halogenated alkanes) is 1. The first-order valence-electron chi connectivity index (χ1n) is 10.9. The minimum atomic E-state index is -0.195. The zero-order chi connectivity index (χ0) is 21.2. The lowest BCUT2D eigenvalue weighted by molar-refractivity contribution is -0.128. The highest BCUT2D eigenvalue weighted by Crippen LogP contribution is 2.28. The van der Waals surface area contributed by atoms with Crippen LogP contribution in [0.1, 0.15) is 28.9 Å². The van der Waals surface area contributed by atoms with Gasteiger partial charge in [0.05, 0.1) is 6.42 Å². The molecule has 0 radical (unpaired) electrons. The van der Waals surface area contributed by atoms with Crippen molar-refractivity contribution < 1.29 is 9.59 Å². The van der Waals surface area contributed by atoms with Gasteiger partial charge in [0.15, 0.2) is 0 Å². The van der Waals surface area contributed by atoms with E-state index < -0.39 is 0 Å². The molecular weight excluding hydrogens is 392 g/mol. The molecule has 0 bridgehead atoms. The molecule has 8 nitrogen and oxygen atoms in total. The normalized spacial score (nSPS) is 17.4. The van der Waals surface area contributed by atoms with Gasteiger partial charge >= 0.3 is 0 Å². The first-order valence-corrected chi connectivity index (χ1v) is 10.9. The number of nitrogens with zero attached hydrogens (tertiary/aromatic N) is 5. The van der Waals surface area contributed by atoms with Gasteiger partial charge in [-0.15, -0.1) is 0 Å². The maximum Gasteiger partial charge on any atom is 0.277 e. The number of carbonyl (C=O) groups is 2. The Kier molecular flexibility index (Phi) is 5.38. The summed E-state index contributed by atoms with van der Waals surface area (Å²) in [6.45, 7) is 5.21. The second-order valence-corrected chi connectivity index (χ2v) is 8.14. The van der Waals surface area contributed by atoms with E-state index in [4.69, 9.17) is 0 Å². The van der Waals surface area contributed by atoms with Crippen LogP contribution in [-0.4, -0.2) is 75.8 Å². The van der Waals surface area contributed by atoms with Crippen LogP contribution in [0, 0.1) is 0 Å². The van der Waals surface area contributed by atoms with Gasteiger partial charge in [0.25, 0.3) is 5.91 Å². The number of amides is 2. The van der Waals surface area contributed by atoms with Gasteiger partial charge in [-0.3, -0.25) is 19.4 Å². The van der Waals surface area contributed by atoms with Gasteiger partial charge in [0.2, 0.25) is 11.9 Å². The first-order chi connectivity index (χ1) is 15.2. The summed E-state index contributed by atoms with van der Waals surface area (Å²) in [6, 6.07) is 9.60. The summed E-state index contributed by atoms with van der Waals surface area (Å²) in [5, 5.41) is 0.971. The second-order valence-electron chi connectivity index (χ2n) is 8.14. The van der Waals surface area contributed by atoms with Crippen LogP contribution >= 0.6 is 0 Å². The van der Waals surface area contributed by atoms with Crippen LogP contribution < -0.4 is 4.90 Å². The lowest BCUT2D eigenvalue weighted by atomic mass is 10.0. The Morgan fingerprint density at radius 3 is 2.45 bits per heavy atom. The van der Waals surface area contributed by atoms with E-state index in [-0.39, 0.29) is 18.2 Å². The molecule has 0 atom stereocenters. The van der Waals surface area contributed by atoms with Gasteiger partial charge < -0.3 is 9.88 Å². The molecule has 5 rings (SSSR count). The Hall–Kier alpha value is -3.26. The maximum atomic E-state index is 12.9. The molecule has 1 saturated heterocycles. The van der Waals surface area contributed by atoms with Crippen LogP contribution in [-0.2, 0) is 11.2 Å². The predicted molar refractivity (Wildman–Crippen MR) is 118 cm³/mol. The van der Waals surface area contributed by atoms with E-state index in [2.05, 4.69) is 24.8 Å². The van der Waals surface area contributed by atoms with Crippen LogP contribution in [0.2, 0.25) is 0 Å². The second kappa shape index (κ2) is 8.47. The largest absolute Gasteiger partial charge is 0.350 e. The van der Waals surface area contributed by atoms with E-state index in [9.17, 15) is 9.59 Å². The number of H-pyrrole nitrogens is 1. The third-order valence-electron chi connectivity index (χ3n) is 6.22. The zero-order valence-electron chi connectivity index (χ0n) is 17.5. The van der Waals surface area contributed by atoms with Crippen LogP contribution in [0.15, 0.2) is 42.7 Å². The van der Waals surface area contributed by atoms with Crippen molar-refractivity contribution in [3.8, 4) is 0 Å². The van der Waals surface area contributed by atoms with Crippen molar-refractivity contribution in [3.05, 3.63) is 54.0 Å². The highest BCUT2D eigenvalue weighted by atomic mass is 16.2. The number of piperazine rings is 1. The number of carbonyl (C=O) groups excluding carboxylic acids is 2. The molecule has 2 aliphatic rings. The van der Waals surface area contributed by atoms with Gasteiger partial charge in [0.1, 0.15) is 5.69 Å². The smallest absolute Gasteiger partial charge is 0.277 e. The van der Waals surface area contributed by atoms with Crippen LogP contribution in [0.25, 0.3) is 10.9 Å². The number of hydrogen-bond donors (Lipinski definition) is 1. The lowest BCUT2D eigenvalue weighted by Gasteiger charge is -2.34. The molecule has 3 aromatic rings. The number of fused-ring (bicyclic) bond motifs is 3. The fraction of sp³-hybridized carbons (Fsp3) is 0.391. The van der Waals surface area contributed by atoms with Crippen molar-refractivity contribution in [1.82, 2.24) is 24.8 Å². The minimum absolute atomic E-state index is 0.0984. The van der Waals surface area contributed by atoms with Crippen molar-refractivity contribution in [1.29, 1.82) is 0 Å². The monoisotopic (exact) mass is 418 g/mol. The Bertz CT molecular complexity index is 1090. The topological polar surface area (TPSA) is 85.4 Å². The SMILES string of the molecule is O=C1Cc2c([nH]c3ccccc23)C(=O)N1CCCCN1CCN(c2ncccn2)CC1. The average Bonchev–Trinajstić information content (AvgIpc) is 3.18. The Balaban J connectivity index is 1.11. The van der Waals surface area contributed by atoms with Crippen molar-refractivity contribution in [2.24, 2.45) is 0 Å². The predicted octanol–water partition coefficient (Wildman–Crippen LogP) is 2.09. The number of rotatable bonds is 6. The molecule has 2 aromatic heterocycles. The van der Waals surface area contributed by atoms with E-state index in [1.807, 2.05) is 30.3 Å². The molecule has 1 N–H and O–H groups in total. The third kappa shape index (κ3) is 3.90. The average molecular weight is 419 g/mol. The molecule has 2 aliphatic heterocycles. The Morgan fingerprint density at radius 2 is 1.65 bits per heavy atom. The van der Waals surface area contributed by atoms with E-state index in [0.717, 1.165) is 68.0 Å². The Morgan fingerprint density at radius 1 is 0.903 bits per heavy atom. The number of hydrogen-bond acceptors (Lipinski definition) is 6. The van der Waals surface area contributed by atoms with E-state index in [0.29, 0.717) is 12.2 Å². The molecule has 31 heavy (non-hydrogen) atoms. The van der Waals surface area contributed by atoms with Gasteiger partial charge in [-0.2, -0.15) is 0 Å². The van der Waals surface area contributed by atoms with Gasteiger partial charge in [0, 0.05) is 56.0 Å². The quantitative estimate of drug-likeness (QED) is 0.487. The molecule has 4 heterocycles. The minimum Gasteiger partial charge on any atom is -0.350 e. The number of anilines is 1. The fourth-order valence-electron chi connectivity index (χ4n) is 4.52. The standard InChI is InChI=1S/C23H26N6O2/c30-20-16-18-17-6-1-2-7-19(17)26-21(18)22(31)29(20)11-4-3-10-27-12-14-28(15-13-27)23-24-8-5-9-25-23/h1-2,5-9,26H,3-4,10-16H2. The molecule has 1 aromatic carbocycles. The van der Waals surface area contributed by atoms with Gasteiger partial charge in [-0.25, -0.2) is 9.97 Å². The van der Waals surface area contributed by atoms with Gasteiger partial charge in [-0.05, 0) is 37.1 Å². The van der Waals surface area contributed by atoms with E-state index in [1.165, 1.54) is 4.90 Å². The summed E-state index contributed by atoms with van der Waals surface area (Å²) in [7, 11) is 0. The highest BCUT2D eigenvalue weighted by Gasteiger charge is 2.33. The fourth-order valence-corrected chi connectivity index (χ4v) is 4.52. The van der Waals surface area contributed by atoms with Crippen molar-refractivity contribution in [2.75, 3.05) is 44.2 Å². The third-order valence-corrected chi connectivity index (χ3v) is 6.22. The molecule has 0 spiro atoms. The van der Waals surface area contributed by atoms with Crippen LogP contribution in [0.4, 0.5) is 5.95 Å². The lowest BCUT2D eigenvalue weighted by Crippen LogP contribution is -2.47. The number of nitrogens with one attached hydrogen (secondary N) is 1. The molecule has 160 valence electrons. The number of imide groups is 1. The molecule has 0 aliphatic carbocycles.